The molecular formula is C27H27BClF3N8. The van der Waals surface area contributed by atoms with Gasteiger partial charge in [0.2, 0.25) is 5.95 Å². The number of anilines is 2. The molecule has 0 spiro atoms. The molecule has 1 saturated carbocycles. The van der Waals surface area contributed by atoms with Gasteiger partial charge in [-0.2, -0.15) is 9.65 Å². The zero-order valence-corrected chi connectivity index (χ0v) is 22.9. The van der Waals surface area contributed by atoms with Gasteiger partial charge in [0.05, 0.1) is 32.9 Å². The third kappa shape index (κ3) is 5.11. The average molecular weight is 567 g/mol. The molecule has 1 unspecified atom stereocenters. The Morgan fingerprint density at radius 3 is 2.58 bits per heavy atom. The van der Waals surface area contributed by atoms with Gasteiger partial charge in [-0.25, -0.2) is 13.8 Å². The largest absolute Gasteiger partial charge is 0.383 e. The minimum absolute atomic E-state index is 0.0827. The summed E-state index contributed by atoms with van der Waals surface area (Å²) in [7, 11) is 6.93. The molecule has 8 nitrogen and oxygen atoms in total. The standard InChI is InChI=1S/C27H27BClF3N8/c1-25(2,3)14-36-22-15(10-33)11-35-23-18(22)8-17(9-19(23)29)37-27(28,16-4-5-21(30)34-12-16)20-13-40(39-38-20)26(6-7-26)24(31)32/h4-5,8-9,11-13,24,37-39H,6-7,14H2,1-3H3,(H,35,36). The summed E-state index contributed by atoms with van der Waals surface area (Å²) in [5.41, 5.74) is 5.13. The molecule has 40 heavy (non-hydrogen) atoms. The Bertz CT molecular complexity index is 1520. The molecule has 3 aromatic rings. The fourth-order valence-corrected chi connectivity index (χ4v) is 4.81. The van der Waals surface area contributed by atoms with E-state index in [4.69, 9.17) is 19.4 Å². The zero-order valence-electron chi connectivity index (χ0n) is 22.1. The van der Waals surface area contributed by atoms with Gasteiger partial charge in [0.15, 0.2) is 0 Å². The Morgan fingerprint density at radius 1 is 1.23 bits per heavy atom. The summed E-state index contributed by atoms with van der Waals surface area (Å²) in [6.45, 7) is 6.76. The minimum atomic E-state index is -2.58. The van der Waals surface area contributed by atoms with Gasteiger partial charge < -0.3 is 16.1 Å². The Labute approximate surface area is 236 Å². The number of aromatic nitrogens is 2. The fourth-order valence-electron chi connectivity index (χ4n) is 4.54. The second-order valence-corrected chi connectivity index (χ2v) is 11.7. The van der Waals surface area contributed by atoms with Crippen LogP contribution in [0.25, 0.3) is 10.9 Å². The Kier molecular flexibility index (Phi) is 7.00. The first-order chi connectivity index (χ1) is 18.9. The van der Waals surface area contributed by atoms with Crippen molar-refractivity contribution in [2.24, 2.45) is 5.41 Å². The molecule has 1 atom stereocenters. The van der Waals surface area contributed by atoms with E-state index in [9.17, 15) is 18.4 Å². The van der Waals surface area contributed by atoms with Gasteiger partial charge in [-0.15, -0.1) is 5.53 Å². The van der Waals surface area contributed by atoms with Crippen molar-refractivity contribution in [1.29, 1.82) is 5.26 Å². The summed E-state index contributed by atoms with van der Waals surface area (Å²) in [6.07, 6.45) is 2.25. The second-order valence-electron chi connectivity index (χ2n) is 11.3. The van der Waals surface area contributed by atoms with Gasteiger partial charge in [0.25, 0.3) is 6.43 Å². The quantitative estimate of drug-likeness (QED) is 0.219. The molecule has 1 aliphatic carbocycles. The molecule has 0 bridgehead atoms. The Hall–Kier alpha value is -3.69. The van der Waals surface area contributed by atoms with E-state index in [0.717, 1.165) is 6.07 Å². The van der Waals surface area contributed by atoms with Crippen LogP contribution in [0.4, 0.5) is 24.5 Å². The maximum absolute atomic E-state index is 13.8. The number of alkyl halides is 2. The van der Waals surface area contributed by atoms with E-state index < -0.39 is 23.4 Å². The first-order valence-electron chi connectivity index (χ1n) is 12.6. The molecule has 2 radical (unpaired) electrons. The smallest absolute Gasteiger partial charge is 0.262 e. The third-order valence-electron chi connectivity index (χ3n) is 7.01. The van der Waals surface area contributed by atoms with Crippen LogP contribution in [0.5, 0.6) is 0 Å². The van der Waals surface area contributed by atoms with Crippen molar-refractivity contribution in [3.63, 3.8) is 0 Å². The van der Waals surface area contributed by atoms with Crippen LogP contribution in [0.2, 0.25) is 5.02 Å². The molecule has 3 heterocycles. The van der Waals surface area contributed by atoms with Gasteiger partial charge in [0, 0.05) is 36.2 Å². The minimum Gasteiger partial charge on any atom is -0.383 e. The summed E-state index contributed by atoms with van der Waals surface area (Å²) >= 11 is 6.65. The lowest BCUT2D eigenvalue weighted by Gasteiger charge is -2.34. The van der Waals surface area contributed by atoms with Gasteiger partial charge >= 0.3 is 0 Å². The maximum atomic E-state index is 13.8. The zero-order chi connectivity index (χ0) is 28.9. The van der Waals surface area contributed by atoms with Crippen LogP contribution in [-0.4, -0.2) is 41.3 Å². The Morgan fingerprint density at radius 2 is 1.98 bits per heavy atom. The van der Waals surface area contributed by atoms with Crippen LogP contribution in [0, 0.1) is 22.7 Å². The molecule has 2 aromatic heterocycles. The van der Waals surface area contributed by atoms with Crippen LogP contribution < -0.4 is 21.6 Å². The lowest BCUT2D eigenvalue weighted by Crippen LogP contribution is -2.50. The number of benzene rings is 1. The fraction of sp³-hybridized carbons (Fsp3) is 0.370. The molecular weight excluding hydrogens is 540 g/mol. The molecule has 13 heteroatoms. The highest BCUT2D eigenvalue weighted by atomic mass is 35.5. The molecule has 206 valence electrons. The Balaban J connectivity index is 1.60. The van der Waals surface area contributed by atoms with Crippen molar-refractivity contribution < 1.29 is 13.2 Å². The van der Waals surface area contributed by atoms with Crippen molar-refractivity contribution in [3.05, 3.63) is 70.7 Å². The summed E-state index contributed by atoms with van der Waals surface area (Å²) in [5, 5.41) is 18.5. The molecule has 1 fully saturated rings. The summed E-state index contributed by atoms with van der Waals surface area (Å²) < 4.78 is 41.3. The predicted octanol–water partition coefficient (Wildman–Crippen LogP) is 5.15. The highest BCUT2D eigenvalue weighted by Crippen LogP contribution is 2.47. The lowest BCUT2D eigenvalue weighted by atomic mass is 9.70. The lowest BCUT2D eigenvalue weighted by molar-refractivity contribution is 0.00910. The molecule has 5 rings (SSSR count). The molecule has 2 aliphatic rings. The SMILES string of the molecule is [B]C(Nc1cc(Cl)c2ncc(C#N)c(NCC(C)(C)C)c2c1)(C1=CN(C2(C(F)F)CC2)NN1)c1ccc(F)nc1. The number of nitrogens with zero attached hydrogens (tertiary/aromatic N) is 4. The number of fused-ring (bicyclic) bond motifs is 1. The third-order valence-corrected chi connectivity index (χ3v) is 7.30. The van der Waals surface area contributed by atoms with Gasteiger partial charge in [-0.05, 0) is 42.0 Å². The first-order valence-corrected chi connectivity index (χ1v) is 13.0. The molecule has 0 amide bonds. The average Bonchev–Trinajstić information content (AvgIpc) is 3.56. The van der Waals surface area contributed by atoms with Crippen molar-refractivity contribution in [3.8, 4) is 6.07 Å². The van der Waals surface area contributed by atoms with E-state index in [1.54, 1.807) is 12.1 Å². The van der Waals surface area contributed by atoms with E-state index >= 15 is 0 Å². The molecule has 0 saturated heterocycles. The number of hydrogen-bond acceptors (Lipinski definition) is 8. The van der Waals surface area contributed by atoms with E-state index in [1.165, 1.54) is 29.7 Å². The number of nitriles is 1. The van der Waals surface area contributed by atoms with Crippen molar-refractivity contribution in [1.82, 2.24) is 25.9 Å². The van der Waals surface area contributed by atoms with Gasteiger partial charge in [0.1, 0.15) is 19.5 Å². The summed E-state index contributed by atoms with van der Waals surface area (Å²) in [5.74, 6) is -0.702. The van der Waals surface area contributed by atoms with Crippen molar-refractivity contribution in [2.45, 2.75) is 51.0 Å². The highest BCUT2D eigenvalue weighted by Gasteiger charge is 2.57. The second kappa shape index (κ2) is 10.1. The monoisotopic (exact) mass is 566 g/mol. The van der Waals surface area contributed by atoms with Crippen LogP contribution in [0.1, 0.15) is 44.7 Å². The predicted molar refractivity (Wildman–Crippen MR) is 149 cm³/mol. The maximum Gasteiger partial charge on any atom is 0.262 e. The molecule has 1 aliphatic heterocycles. The molecule has 4 N–H and O–H groups in total. The van der Waals surface area contributed by atoms with Crippen LogP contribution in [0.3, 0.4) is 0 Å². The summed E-state index contributed by atoms with van der Waals surface area (Å²) in [4.78, 5) is 8.12. The molecule has 1 aromatic carbocycles. The number of pyridine rings is 2. The van der Waals surface area contributed by atoms with Gasteiger partial charge in [-0.3, -0.25) is 9.99 Å². The number of halogens is 4. The van der Waals surface area contributed by atoms with E-state index in [2.05, 4.69) is 58.4 Å². The van der Waals surface area contributed by atoms with E-state index in [1.807, 2.05) is 0 Å². The van der Waals surface area contributed by atoms with E-state index in [0.29, 0.717) is 63.5 Å². The van der Waals surface area contributed by atoms with Gasteiger partial charge in [-0.1, -0.05) is 38.4 Å². The van der Waals surface area contributed by atoms with Crippen LogP contribution in [0.15, 0.2) is 48.6 Å². The van der Waals surface area contributed by atoms with E-state index in [-0.39, 0.29) is 5.41 Å². The highest BCUT2D eigenvalue weighted by molar-refractivity contribution is 6.36. The van der Waals surface area contributed by atoms with Crippen molar-refractivity contribution >= 4 is 41.7 Å². The van der Waals surface area contributed by atoms with Crippen LogP contribution >= 0.6 is 11.6 Å². The number of rotatable bonds is 8. The topological polar surface area (TPSA) is 101 Å². The number of nitrogens with one attached hydrogen (secondary N) is 4. The van der Waals surface area contributed by atoms with Crippen molar-refractivity contribution in [2.75, 3.05) is 17.2 Å². The number of hydrazine groups is 2. The number of hydrogen-bond donors (Lipinski definition) is 4. The summed E-state index contributed by atoms with van der Waals surface area (Å²) in [6, 6.07) is 8.15. The first kappa shape index (κ1) is 27.9. The normalized spacial score (nSPS) is 17.7. The van der Waals surface area contributed by atoms with Crippen LogP contribution in [-0.2, 0) is 5.44 Å².